The van der Waals surface area contributed by atoms with E-state index in [0.29, 0.717) is 5.56 Å². The molecule has 126 valence electrons. The number of carbonyl (C=O) groups is 1. The Morgan fingerprint density at radius 2 is 2.17 bits per heavy atom. The van der Waals surface area contributed by atoms with Crippen molar-refractivity contribution in [2.75, 3.05) is 6.54 Å². The molecule has 1 aliphatic carbocycles. The van der Waals surface area contributed by atoms with Crippen LogP contribution in [0.25, 0.3) is 0 Å². The quantitative estimate of drug-likeness (QED) is 0.743. The van der Waals surface area contributed by atoms with Crippen molar-refractivity contribution in [2.45, 2.75) is 25.0 Å². The SMILES string of the molecule is O=C(NCC(O)c1cccc(F)c1)NC1CCc2cc(Br)ccc21. The molecule has 24 heavy (non-hydrogen) atoms. The van der Waals surface area contributed by atoms with Gasteiger partial charge in [0.25, 0.3) is 0 Å². The number of urea groups is 1. The summed E-state index contributed by atoms with van der Waals surface area (Å²) in [6.07, 6.45) is 0.829. The highest BCUT2D eigenvalue weighted by Crippen LogP contribution is 2.32. The first-order chi connectivity index (χ1) is 11.5. The van der Waals surface area contributed by atoms with Crippen molar-refractivity contribution in [1.82, 2.24) is 10.6 Å². The van der Waals surface area contributed by atoms with Crippen LogP contribution < -0.4 is 10.6 Å². The number of hydrogen-bond donors (Lipinski definition) is 3. The van der Waals surface area contributed by atoms with E-state index in [4.69, 9.17) is 0 Å². The molecule has 0 saturated carbocycles. The second-order valence-electron chi connectivity index (χ2n) is 5.86. The van der Waals surface area contributed by atoms with Gasteiger partial charge in [0.15, 0.2) is 0 Å². The largest absolute Gasteiger partial charge is 0.387 e. The number of aliphatic hydroxyl groups is 1. The summed E-state index contributed by atoms with van der Waals surface area (Å²) in [5, 5.41) is 15.6. The minimum Gasteiger partial charge on any atom is -0.387 e. The van der Waals surface area contributed by atoms with E-state index in [0.717, 1.165) is 22.9 Å². The molecule has 0 aliphatic heterocycles. The lowest BCUT2D eigenvalue weighted by Crippen LogP contribution is -2.39. The number of hydrogen-bond acceptors (Lipinski definition) is 2. The third kappa shape index (κ3) is 3.94. The Balaban J connectivity index is 1.54. The predicted molar refractivity (Wildman–Crippen MR) is 93.1 cm³/mol. The lowest BCUT2D eigenvalue weighted by molar-refractivity contribution is 0.172. The summed E-state index contributed by atoms with van der Waals surface area (Å²) in [6, 6.07) is 11.4. The van der Waals surface area contributed by atoms with Gasteiger partial charge in [-0.3, -0.25) is 0 Å². The molecule has 2 unspecified atom stereocenters. The van der Waals surface area contributed by atoms with Gasteiger partial charge in [0.2, 0.25) is 0 Å². The minimum absolute atomic E-state index is 0.0230. The van der Waals surface area contributed by atoms with Crippen LogP contribution in [-0.2, 0) is 6.42 Å². The molecule has 0 bridgehead atoms. The highest BCUT2D eigenvalue weighted by molar-refractivity contribution is 9.10. The molecule has 0 heterocycles. The van der Waals surface area contributed by atoms with Crippen molar-refractivity contribution in [3.63, 3.8) is 0 Å². The highest BCUT2D eigenvalue weighted by atomic mass is 79.9. The summed E-state index contributed by atoms with van der Waals surface area (Å²) in [5.41, 5.74) is 2.79. The molecule has 6 heteroatoms. The predicted octanol–water partition coefficient (Wildman–Crippen LogP) is 3.61. The van der Waals surface area contributed by atoms with E-state index in [9.17, 15) is 14.3 Å². The van der Waals surface area contributed by atoms with Crippen LogP contribution in [-0.4, -0.2) is 17.7 Å². The van der Waals surface area contributed by atoms with E-state index < -0.39 is 11.9 Å². The zero-order chi connectivity index (χ0) is 17.1. The van der Waals surface area contributed by atoms with Crippen LogP contribution >= 0.6 is 15.9 Å². The Morgan fingerprint density at radius 3 is 2.96 bits per heavy atom. The zero-order valence-corrected chi connectivity index (χ0v) is 14.5. The summed E-state index contributed by atoms with van der Waals surface area (Å²) in [6.45, 7) is 0.0230. The van der Waals surface area contributed by atoms with Crippen LogP contribution in [0.5, 0.6) is 0 Å². The highest BCUT2D eigenvalue weighted by Gasteiger charge is 2.24. The second kappa shape index (κ2) is 7.32. The van der Waals surface area contributed by atoms with Gasteiger partial charge in [0, 0.05) is 11.0 Å². The number of carbonyl (C=O) groups excluding carboxylic acids is 1. The lowest BCUT2D eigenvalue weighted by atomic mass is 10.1. The van der Waals surface area contributed by atoms with Crippen LogP contribution in [0.15, 0.2) is 46.9 Å². The molecule has 2 atom stereocenters. The molecular weight excluding hydrogens is 375 g/mol. The Kier molecular flexibility index (Phi) is 5.16. The molecule has 2 aromatic carbocycles. The van der Waals surface area contributed by atoms with Gasteiger partial charge in [0.1, 0.15) is 5.82 Å². The standard InChI is InChI=1S/C18H18BrFN2O2/c19-13-5-6-15-11(8-13)4-7-16(15)22-18(24)21-10-17(23)12-2-1-3-14(20)9-12/h1-3,5-6,8-9,16-17,23H,4,7,10H2,(H2,21,22,24). The van der Waals surface area contributed by atoms with Crippen molar-refractivity contribution >= 4 is 22.0 Å². The summed E-state index contributed by atoms with van der Waals surface area (Å²) < 4.78 is 14.2. The van der Waals surface area contributed by atoms with E-state index >= 15 is 0 Å². The van der Waals surface area contributed by atoms with Crippen LogP contribution in [0.2, 0.25) is 0 Å². The maximum absolute atomic E-state index is 13.2. The molecular formula is C18H18BrFN2O2. The Hall–Kier alpha value is -1.92. The lowest BCUT2D eigenvalue weighted by Gasteiger charge is -2.17. The number of aliphatic hydroxyl groups excluding tert-OH is 1. The second-order valence-corrected chi connectivity index (χ2v) is 6.78. The van der Waals surface area contributed by atoms with Crippen molar-refractivity contribution < 1.29 is 14.3 Å². The normalized spacial score (nSPS) is 17.2. The van der Waals surface area contributed by atoms with Gasteiger partial charge in [-0.2, -0.15) is 0 Å². The summed E-state index contributed by atoms with van der Waals surface area (Å²) in [4.78, 5) is 12.1. The van der Waals surface area contributed by atoms with Gasteiger partial charge >= 0.3 is 6.03 Å². The molecule has 0 saturated heterocycles. The molecule has 0 spiro atoms. The van der Waals surface area contributed by atoms with Gasteiger partial charge in [0.05, 0.1) is 12.1 Å². The fourth-order valence-corrected chi connectivity index (χ4v) is 3.37. The zero-order valence-electron chi connectivity index (χ0n) is 12.9. The smallest absolute Gasteiger partial charge is 0.315 e. The van der Waals surface area contributed by atoms with Crippen molar-refractivity contribution in [1.29, 1.82) is 0 Å². The number of rotatable bonds is 4. The molecule has 3 rings (SSSR count). The number of aryl methyl sites for hydroxylation is 1. The number of benzene rings is 2. The van der Waals surface area contributed by atoms with Crippen molar-refractivity contribution in [2.24, 2.45) is 0 Å². The Bertz CT molecular complexity index is 754. The first kappa shape index (κ1) is 16.9. The average molecular weight is 393 g/mol. The summed E-state index contributed by atoms with van der Waals surface area (Å²) >= 11 is 3.45. The third-order valence-corrected chi connectivity index (χ3v) is 4.67. The van der Waals surface area contributed by atoms with Crippen molar-refractivity contribution in [3.8, 4) is 0 Å². The fourth-order valence-electron chi connectivity index (χ4n) is 2.97. The monoisotopic (exact) mass is 392 g/mol. The molecule has 0 radical (unpaired) electrons. The van der Waals surface area contributed by atoms with Gasteiger partial charge in [-0.25, -0.2) is 9.18 Å². The molecule has 2 aromatic rings. The van der Waals surface area contributed by atoms with Gasteiger partial charge in [-0.1, -0.05) is 34.1 Å². The minimum atomic E-state index is -0.946. The molecule has 0 aromatic heterocycles. The third-order valence-electron chi connectivity index (χ3n) is 4.18. The Morgan fingerprint density at radius 1 is 1.33 bits per heavy atom. The first-order valence-corrected chi connectivity index (χ1v) is 8.58. The maximum atomic E-state index is 13.2. The number of amides is 2. The van der Waals surface area contributed by atoms with Gasteiger partial charge < -0.3 is 15.7 Å². The van der Waals surface area contributed by atoms with E-state index in [-0.39, 0.29) is 18.6 Å². The van der Waals surface area contributed by atoms with Crippen LogP contribution in [0.4, 0.5) is 9.18 Å². The van der Waals surface area contributed by atoms with E-state index in [1.165, 1.54) is 23.8 Å². The van der Waals surface area contributed by atoms with Gasteiger partial charge in [-0.15, -0.1) is 0 Å². The fraction of sp³-hybridized carbons (Fsp3) is 0.278. The van der Waals surface area contributed by atoms with Gasteiger partial charge in [-0.05, 0) is 53.8 Å². The molecule has 4 nitrogen and oxygen atoms in total. The first-order valence-electron chi connectivity index (χ1n) is 7.79. The van der Waals surface area contributed by atoms with Crippen molar-refractivity contribution in [3.05, 3.63) is 69.4 Å². The number of halogens is 2. The number of fused-ring (bicyclic) bond motifs is 1. The average Bonchev–Trinajstić information content (AvgIpc) is 2.94. The molecule has 2 amide bonds. The van der Waals surface area contributed by atoms with Crippen LogP contribution in [0, 0.1) is 5.82 Å². The van der Waals surface area contributed by atoms with E-state index in [1.807, 2.05) is 12.1 Å². The summed E-state index contributed by atoms with van der Waals surface area (Å²) in [5.74, 6) is -0.412. The van der Waals surface area contributed by atoms with Crippen LogP contribution in [0.1, 0.15) is 35.3 Å². The van der Waals surface area contributed by atoms with E-state index in [2.05, 4.69) is 32.6 Å². The summed E-state index contributed by atoms with van der Waals surface area (Å²) in [7, 11) is 0. The molecule has 0 fully saturated rings. The van der Waals surface area contributed by atoms with E-state index in [1.54, 1.807) is 6.07 Å². The molecule has 3 N–H and O–H groups in total. The topological polar surface area (TPSA) is 61.4 Å². The maximum Gasteiger partial charge on any atom is 0.315 e. The van der Waals surface area contributed by atoms with Crippen LogP contribution in [0.3, 0.4) is 0 Å². The Labute approximate surface area is 148 Å². The molecule has 1 aliphatic rings. The number of nitrogens with one attached hydrogen (secondary N) is 2.